The molecule has 0 saturated heterocycles. The van der Waals surface area contributed by atoms with Gasteiger partial charge in [0, 0.05) is 6.54 Å². The van der Waals surface area contributed by atoms with E-state index in [-0.39, 0.29) is 5.82 Å². The monoisotopic (exact) mass is 237 g/mol. The first-order chi connectivity index (χ1) is 7.74. The molecule has 0 aliphatic heterocycles. The fourth-order valence-corrected chi connectivity index (χ4v) is 1.95. The molecule has 1 aromatic carbocycles. The summed E-state index contributed by atoms with van der Waals surface area (Å²) in [7, 11) is 0. The van der Waals surface area contributed by atoms with E-state index >= 15 is 0 Å². The van der Waals surface area contributed by atoms with Crippen molar-refractivity contribution in [2.45, 2.75) is 13.3 Å². The summed E-state index contributed by atoms with van der Waals surface area (Å²) >= 11 is 1.53. The third-order valence-electron chi connectivity index (χ3n) is 2.13. The zero-order valence-electron chi connectivity index (χ0n) is 8.90. The van der Waals surface area contributed by atoms with Crippen molar-refractivity contribution >= 4 is 16.5 Å². The average molecular weight is 237 g/mol. The van der Waals surface area contributed by atoms with E-state index in [2.05, 4.69) is 15.5 Å². The summed E-state index contributed by atoms with van der Waals surface area (Å²) in [6, 6.07) is 6.54. The lowest BCUT2D eigenvalue weighted by Crippen LogP contribution is -2.04. The van der Waals surface area contributed by atoms with E-state index in [0.717, 1.165) is 28.7 Å². The molecule has 2 aromatic rings. The van der Waals surface area contributed by atoms with Crippen molar-refractivity contribution in [3.8, 4) is 0 Å². The number of nitrogens with one attached hydrogen (secondary N) is 1. The van der Waals surface area contributed by atoms with E-state index in [0.29, 0.717) is 0 Å². The van der Waals surface area contributed by atoms with Gasteiger partial charge in [-0.15, -0.1) is 10.2 Å². The summed E-state index contributed by atoms with van der Waals surface area (Å²) < 4.78 is 12.6. The molecule has 3 nitrogen and oxygen atoms in total. The lowest BCUT2D eigenvalue weighted by molar-refractivity contribution is 0.627. The summed E-state index contributed by atoms with van der Waals surface area (Å²) in [5, 5.41) is 12.8. The van der Waals surface area contributed by atoms with E-state index in [1.165, 1.54) is 23.5 Å². The summed E-state index contributed by atoms with van der Waals surface area (Å²) in [5.74, 6) is -0.198. The summed E-state index contributed by atoms with van der Waals surface area (Å²) in [6.07, 6.45) is 0.846. The van der Waals surface area contributed by atoms with Gasteiger partial charge in [0.15, 0.2) is 0 Å². The van der Waals surface area contributed by atoms with Crippen molar-refractivity contribution in [1.82, 2.24) is 10.2 Å². The molecule has 0 unspecified atom stereocenters. The van der Waals surface area contributed by atoms with Crippen LogP contribution in [0.25, 0.3) is 0 Å². The van der Waals surface area contributed by atoms with Crippen LogP contribution in [0, 0.1) is 12.7 Å². The maximum atomic E-state index is 12.6. The minimum absolute atomic E-state index is 0.198. The first-order valence-corrected chi connectivity index (χ1v) is 5.84. The SMILES string of the molecule is Cc1nnc(NCCc2ccc(F)cc2)s1. The van der Waals surface area contributed by atoms with E-state index < -0.39 is 0 Å². The predicted octanol–water partition coefficient (Wildman–Crippen LogP) is 2.64. The normalized spacial score (nSPS) is 10.4. The van der Waals surface area contributed by atoms with Gasteiger partial charge < -0.3 is 5.32 Å². The molecule has 0 spiro atoms. The summed E-state index contributed by atoms with van der Waals surface area (Å²) in [6.45, 7) is 2.70. The molecule has 2 rings (SSSR count). The Balaban J connectivity index is 1.82. The van der Waals surface area contributed by atoms with Gasteiger partial charge in [-0.1, -0.05) is 23.5 Å². The number of halogens is 1. The molecule has 0 amide bonds. The Hall–Kier alpha value is -1.49. The molecule has 0 fully saturated rings. The number of aryl methyl sites for hydroxylation is 1. The third-order valence-corrected chi connectivity index (χ3v) is 2.93. The van der Waals surface area contributed by atoms with Crippen LogP contribution >= 0.6 is 11.3 Å². The molecule has 1 aromatic heterocycles. The van der Waals surface area contributed by atoms with Gasteiger partial charge >= 0.3 is 0 Å². The lowest BCUT2D eigenvalue weighted by Gasteiger charge is -2.02. The second-order valence-electron chi connectivity index (χ2n) is 3.43. The highest BCUT2D eigenvalue weighted by Gasteiger charge is 1.99. The maximum absolute atomic E-state index is 12.6. The highest BCUT2D eigenvalue weighted by molar-refractivity contribution is 7.15. The summed E-state index contributed by atoms with van der Waals surface area (Å²) in [4.78, 5) is 0. The first-order valence-electron chi connectivity index (χ1n) is 5.02. The molecule has 0 aliphatic rings. The fraction of sp³-hybridized carbons (Fsp3) is 0.273. The number of aromatic nitrogens is 2. The van der Waals surface area contributed by atoms with Crippen LogP contribution in [0.2, 0.25) is 0 Å². The predicted molar refractivity (Wildman–Crippen MR) is 63.2 cm³/mol. The van der Waals surface area contributed by atoms with Gasteiger partial charge in [0.2, 0.25) is 5.13 Å². The molecule has 0 bridgehead atoms. The lowest BCUT2D eigenvalue weighted by atomic mass is 10.1. The third kappa shape index (κ3) is 3.00. The van der Waals surface area contributed by atoms with Gasteiger partial charge in [0.1, 0.15) is 10.8 Å². The van der Waals surface area contributed by atoms with Crippen LogP contribution in [0.1, 0.15) is 10.6 Å². The molecule has 5 heteroatoms. The zero-order valence-corrected chi connectivity index (χ0v) is 9.72. The quantitative estimate of drug-likeness (QED) is 0.888. The van der Waals surface area contributed by atoms with Crippen LogP contribution in [0.3, 0.4) is 0 Å². The minimum Gasteiger partial charge on any atom is -0.360 e. The van der Waals surface area contributed by atoms with Crippen molar-refractivity contribution < 1.29 is 4.39 Å². The molecule has 1 N–H and O–H groups in total. The van der Waals surface area contributed by atoms with Crippen LogP contribution in [0.15, 0.2) is 24.3 Å². The Kier molecular flexibility index (Phi) is 3.46. The van der Waals surface area contributed by atoms with Gasteiger partial charge in [-0.05, 0) is 31.0 Å². The van der Waals surface area contributed by atoms with Crippen LogP contribution in [-0.2, 0) is 6.42 Å². The van der Waals surface area contributed by atoms with Crippen molar-refractivity contribution in [2.24, 2.45) is 0 Å². The zero-order chi connectivity index (χ0) is 11.4. The van der Waals surface area contributed by atoms with Crippen molar-refractivity contribution in [3.05, 3.63) is 40.7 Å². The molecule has 0 radical (unpaired) electrons. The number of hydrogen-bond donors (Lipinski definition) is 1. The summed E-state index contributed by atoms with van der Waals surface area (Å²) in [5.41, 5.74) is 1.11. The molecular formula is C11H12FN3S. The average Bonchev–Trinajstić information content (AvgIpc) is 2.67. The van der Waals surface area contributed by atoms with E-state index in [1.807, 2.05) is 6.92 Å². The van der Waals surface area contributed by atoms with Crippen molar-refractivity contribution in [3.63, 3.8) is 0 Å². The topological polar surface area (TPSA) is 37.8 Å². The Morgan fingerprint density at radius 3 is 2.62 bits per heavy atom. The van der Waals surface area contributed by atoms with Crippen LogP contribution in [-0.4, -0.2) is 16.7 Å². The molecule has 84 valence electrons. The second kappa shape index (κ2) is 5.03. The highest BCUT2D eigenvalue weighted by Crippen LogP contribution is 2.13. The number of benzene rings is 1. The minimum atomic E-state index is -0.198. The van der Waals surface area contributed by atoms with Gasteiger partial charge in [-0.25, -0.2) is 4.39 Å². The van der Waals surface area contributed by atoms with E-state index in [1.54, 1.807) is 12.1 Å². The van der Waals surface area contributed by atoms with Crippen LogP contribution in [0.4, 0.5) is 9.52 Å². The number of nitrogens with zero attached hydrogens (tertiary/aromatic N) is 2. The Labute approximate surface area is 97.3 Å². The van der Waals surface area contributed by atoms with Crippen LogP contribution < -0.4 is 5.32 Å². The highest BCUT2D eigenvalue weighted by atomic mass is 32.1. The second-order valence-corrected chi connectivity index (χ2v) is 4.61. The van der Waals surface area contributed by atoms with Gasteiger partial charge in [0.25, 0.3) is 0 Å². The Morgan fingerprint density at radius 2 is 2.00 bits per heavy atom. The van der Waals surface area contributed by atoms with Crippen LogP contribution in [0.5, 0.6) is 0 Å². The largest absolute Gasteiger partial charge is 0.360 e. The molecule has 1 heterocycles. The van der Waals surface area contributed by atoms with Crippen molar-refractivity contribution in [2.75, 3.05) is 11.9 Å². The Morgan fingerprint density at radius 1 is 1.25 bits per heavy atom. The molecular weight excluding hydrogens is 225 g/mol. The number of rotatable bonds is 4. The Bertz CT molecular complexity index is 453. The van der Waals surface area contributed by atoms with Gasteiger partial charge in [-0.2, -0.15) is 0 Å². The molecule has 0 saturated carbocycles. The molecule has 16 heavy (non-hydrogen) atoms. The molecule has 0 aliphatic carbocycles. The fourth-order valence-electron chi connectivity index (χ4n) is 1.33. The van der Waals surface area contributed by atoms with Crippen molar-refractivity contribution in [1.29, 1.82) is 0 Å². The standard InChI is InChI=1S/C11H12FN3S/c1-8-14-15-11(16-8)13-7-6-9-2-4-10(12)5-3-9/h2-5H,6-7H2,1H3,(H,13,15). The number of anilines is 1. The maximum Gasteiger partial charge on any atom is 0.205 e. The molecule has 0 atom stereocenters. The van der Waals surface area contributed by atoms with E-state index in [4.69, 9.17) is 0 Å². The number of hydrogen-bond acceptors (Lipinski definition) is 4. The van der Waals surface area contributed by atoms with E-state index in [9.17, 15) is 4.39 Å². The van der Waals surface area contributed by atoms with Gasteiger partial charge in [-0.3, -0.25) is 0 Å². The van der Waals surface area contributed by atoms with Gasteiger partial charge in [0.05, 0.1) is 0 Å². The smallest absolute Gasteiger partial charge is 0.205 e. The first kappa shape index (κ1) is 11.0.